The fourth-order valence-electron chi connectivity index (χ4n) is 3.06. The molecule has 8 heteroatoms. The van der Waals surface area contributed by atoms with Gasteiger partial charge < -0.3 is 25.5 Å². The highest BCUT2D eigenvalue weighted by molar-refractivity contribution is 5.99. The summed E-state index contributed by atoms with van der Waals surface area (Å²) in [5.41, 5.74) is 2.46. The minimum Gasteiger partial charge on any atom is -0.508 e. The lowest BCUT2D eigenvalue weighted by Crippen LogP contribution is -2.04. The molecule has 2 heterocycles. The molecule has 7 nitrogen and oxygen atoms in total. The Bertz CT molecular complexity index is 1220. The molecule has 152 valence electrons. The first-order valence-electron chi connectivity index (χ1n) is 9.31. The van der Waals surface area contributed by atoms with E-state index >= 15 is 0 Å². The van der Waals surface area contributed by atoms with E-state index in [0.29, 0.717) is 28.4 Å². The number of hydrogen-bond donors (Lipinski definition) is 4. The number of nitrogens with one attached hydrogen (secondary N) is 3. The van der Waals surface area contributed by atoms with Crippen LogP contribution in [0.3, 0.4) is 0 Å². The van der Waals surface area contributed by atoms with Gasteiger partial charge in [0.2, 0.25) is 0 Å². The minimum absolute atomic E-state index is 0.0728. The lowest BCUT2D eigenvalue weighted by atomic mass is 10.2. The van der Waals surface area contributed by atoms with Crippen molar-refractivity contribution in [2.24, 2.45) is 0 Å². The maximum absolute atomic E-state index is 14.2. The second kappa shape index (κ2) is 8.12. The zero-order valence-corrected chi connectivity index (χ0v) is 16.1. The number of aromatic amines is 1. The quantitative estimate of drug-likeness (QED) is 0.334. The second-order valence-corrected chi connectivity index (χ2v) is 6.52. The monoisotopic (exact) mass is 406 g/mol. The van der Waals surface area contributed by atoms with E-state index in [4.69, 9.17) is 4.74 Å². The second-order valence-electron chi connectivity index (χ2n) is 6.52. The van der Waals surface area contributed by atoms with Gasteiger partial charge in [-0.1, -0.05) is 18.2 Å². The van der Waals surface area contributed by atoms with Gasteiger partial charge in [-0.25, -0.2) is 14.2 Å². The molecule has 0 saturated heterocycles. The number of anilines is 4. The molecule has 0 radical (unpaired) electrons. The molecular formula is C22H19FN4O3. The van der Waals surface area contributed by atoms with Crippen LogP contribution in [0.15, 0.2) is 60.8 Å². The van der Waals surface area contributed by atoms with Crippen LogP contribution in [0.2, 0.25) is 0 Å². The summed E-state index contributed by atoms with van der Waals surface area (Å²) in [7, 11) is 0. The van der Waals surface area contributed by atoms with Gasteiger partial charge >= 0.3 is 5.97 Å². The minimum atomic E-state index is -0.536. The summed E-state index contributed by atoms with van der Waals surface area (Å²) in [4.78, 5) is 19.2. The van der Waals surface area contributed by atoms with Crippen LogP contribution in [0.5, 0.6) is 5.75 Å². The number of nitrogens with zero attached hydrogens (tertiary/aromatic N) is 1. The molecule has 0 saturated carbocycles. The Morgan fingerprint density at radius 1 is 1.13 bits per heavy atom. The van der Waals surface area contributed by atoms with Crippen LogP contribution < -0.4 is 10.6 Å². The van der Waals surface area contributed by atoms with Crippen LogP contribution in [0.1, 0.15) is 17.4 Å². The molecule has 0 atom stereocenters. The van der Waals surface area contributed by atoms with E-state index in [1.807, 2.05) is 18.2 Å². The van der Waals surface area contributed by atoms with Crippen LogP contribution in [0, 0.1) is 5.82 Å². The Balaban J connectivity index is 1.63. The van der Waals surface area contributed by atoms with Gasteiger partial charge in [0.1, 0.15) is 17.3 Å². The number of carbonyl (C=O) groups is 1. The zero-order valence-electron chi connectivity index (χ0n) is 16.1. The Labute approximate surface area is 171 Å². The molecule has 0 spiro atoms. The molecular weight excluding hydrogens is 387 g/mol. The smallest absolute Gasteiger partial charge is 0.354 e. The van der Waals surface area contributed by atoms with Crippen molar-refractivity contribution in [3.8, 4) is 5.75 Å². The largest absolute Gasteiger partial charge is 0.508 e. The van der Waals surface area contributed by atoms with E-state index in [0.717, 1.165) is 11.6 Å². The van der Waals surface area contributed by atoms with Crippen LogP contribution in [0.4, 0.5) is 27.3 Å². The number of esters is 1. The number of fused-ring (bicyclic) bond motifs is 1. The number of benzene rings is 2. The normalized spacial score (nSPS) is 10.7. The summed E-state index contributed by atoms with van der Waals surface area (Å²) in [5.74, 6) is -0.494. The summed E-state index contributed by atoms with van der Waals surface area (Å²) in [6, 6.07) is 15.1. The number of ether oxygens (including phenoxy) is 1. The standard InChI is InChI=1S/C22H19FN4O3/c1-2-30-22(29)19-9-13-5-3-8-17(21(13)27-19)26-20-11-18(16(23)12-24-20)25-14-6-4-7-15(28)10-14/h3-12,27-28H,2H2,1H3,(H2,24,25,26). The number of phenolic OH excluding ortho intramolecular Hbond substituents is 1. The molecule has 2 aromatic carbocycles. The molecule has 0 aliphatic carbocycles. The first-order chi connectivity index (χ1) is 14.5. The number of rotatable bonds is 6. The highest BCUT2D eigenvalue weighted by Crippen LogP contribution is 2.29. The average molecular weight is 406 g/mol. The van der Waals surface area contributed by atoms with Crippen molar-refractivity contribution in [1.29, 1.82) is 0 Å². The number of hydrogen-bond acceptors (Lipinski definition) is 6. The molecule has 0 fully saturated rings. The summed E-state index contributed by atoms with van der Waals surface area (Å²) in [6.07, 6.45) is 1.10. The number of para-hydroxylation sites is 1. The van der Waals surface area contributed by atoms with Gasteiger partial charge in [-0.3, -0.25) is 0 Å². The van der Waals surface area contributed by atoms with E-state index in [9.17, 15) is 14.3 Å². The Hall–Kier alpha value is -4.07. The van der Waals surface area contributed by atoms with Crippen LogP contribution in [-0.4, -0.2) is 27.7 Å². The van der Waals surface area contributed by atoms with Gasteiger partial charge in [0, 0.05) is 23.2 Å². The molecule has 0 unspecified atom stereocenters. The summed E-state index contributed by atoms with van der Waals surface area (Å²) in [6.45, 7) is 2.03. The van der Waals surface area contributed by atoms with Crippen molar-refractivity contribution in [2.75, 3.05) is 17.2 Å². The Morgan fingerprint density at radius 2 is 1.97 bits per heavy atom. The SMILES string of the molecule is CCOC(=O)c1cc2cccc(Nc3cc(Nc4cccc(O)c4)c(F)cn3)c2[nH]1. The Kier molecular flexibility index (Phi) is 5.21. The fourth-order valence-corrected chi connectivity index (χ4v) is 3.06. The maximum atomic E-state index is 14.2. The number of aromatic hydroxyl groups is 1. The van der Waals surface area contributed by atoms with Gasteiger partial charge in [0.05, 0.1) is 29.7 Å². The highest BCUT2D eigenvalue weighted by atomic mass is 19.1. The molecule has 2 aromatic heterocycles. The molecule has 30 heavy (non-hydrogen) atoms. The number of aromatic nitrogens is 2. The number of pyridine rings is 1. The van der Waals surface area contributed by atoms with Crippen molar-refractivity contribution in [2.45, 2.75) is 6.92 Å². The number of H-pyrrole nitrogens is 1. The zero-order chi connectivity index (χ0) is 21.1. The van der Waals surface area contributed by atoms with Gasteiger partial charge in [-0.05, 0) is 31.2 Å². The predicted octanol–water partition coefficient (Wildman–Crippen LogP) is 5.07. The van der Waals surface area contributed by atoms with Crippen molar-refractivity contribution in [1.82, 2.24) is 9.97 Å². The molecule has 0 aliphatic rings. The van der Waals surface area contributed by atoms with Gasteiger partial charge in [-0.15, -0.1) is 0 Å². The molecule has 4 aromatic rings. The maximum Gasteiger partial charge on any atom is 0.354 e. The van der Waals surface area contributed by atoms with E-state index in [1.54, 1.807) is 25.1 Å². The van der Waals surface area contributed by atoms with Crippen molar-refractivity contribution < 1.29 is 19.0 Å². The number of phenols is 1. The topological polar surface area (TPSA) is 99.3 Å². The fraction of sp³-hybridized carbons (Fsp3) is 0.0909. The lowest BCUT2D eigenvalue weighted by molar-refractivity contribution is 0.0520. The van der Waals surface area contributed by atoms with Crippen LogP contribution >= 0.6 is 0 Å². The summed E-state index contributed by atoms with van der Waals surface area (Å²) in [5, 5.41) is 16.5. The van der Waals surface area contributed by atoms with Crippen LogP contribution in [0.25, 0.3) is 10.9 Å². The third kappa shape index (κ3) is 4.02. The van der Waals surface area contributed by atoms with E-state index < -0.39 is 11.8 Å². The van der Waals surface area contributed by atoms with Gasteiger partial charge in [-0.2, -0.15) is 0 Å². The lowest BCUT2D eigenvalue weighted by Gasteiger charge is -2.11. The van der Waals surface area contributed by atoms with Crippen LogP contribution in [-0.2, 0) is 4.74 Å². The first-order valence-corrected chi connectivity index (χ1v) is 9.31. The third-order valence-electron chi connectivity index (χ3n) is 4.39. The molecule has 0 bridgehead atoms. The number of carbonyl (C=O) groups excluding carboxylic acids is 1. The third-order valence-corrected chi connectivity index (χ3v) is 4.39. The van der Waals surface area contributed by atoms with Crippen molar-refractivity contribution in [3.63, 3.8) is 0 Å². The van der Waals surface area contributed by atoms with E-state index in [-0.39, 0.29) is 18.0 Å². The van der Waals surface area contributed by atoms with Crippen molar-refractivity contribution >= 4 is 39.8 Å². The number of halogens is 1. The highest BCUT2D eigenvalue weighted by Gasteiger charge is 2.13. The van der Waals surface area contributed by atoms with Gasteiger partial charge in [0.25, 0.3) is 0 Å². The van der Waals surface area contributed by atoms with Crippen molar-refractivity contribution in [3.05, 3.63) is 72.3 Å². The average Bonchev–Trinajstić information content (AvgIpc) is 3.16. The Morgan fingerprint density at radius 3 is 2.77 bits per heavy atom. The van der Waals surface area contributed by atoms with E-state index in [1.165, 1.54) is 18.2 Å². The summed E-state index contributed by atoms with van der Waals surface area (Å²) >= 11 is 0. The molecule has 0 amide bonds. The van der Waals surface area contributed by atoms with Gasteiger partial charge in [0.15, 0.2) is 5.82 Å². The predicted molar refractivity (Wildman–Crippen MR) is 113 cm³/mol. The molecule has 0 aliphatic heterocycles. The summed E-state index contributed by atoms with van der Waals surface area (Å²) < 4.78 is 19.3. The molecule has 4 rings (SSSR count). The molecule has 4 N–H and O–H groups in total. The van der Waals surface area contributed by atoms with E-state index in [2.05, 4.69) is 20.6 Å². The first kappa shape index (κ1) is 19.3.